The second kappa shape index (κ2) is 11.4. The van der Waals surface area contributed by atoms with E-state index in [2.05, 4.69) is 10.2 Å². The molecule has 8 atom stereocenters. The highest BCUT2D eigenvalue weighted by Crippen LogP contribution is 2.69. The summed E-state index contributed by atoms with van der Waals surface area (Å²) in [5.41, 5.74) is -6.47. The van der Waals surface area contributed by atoms with Crippen molar-refractivity contribution < 1.29 is 53.5 Å². The molecule has 3 saturated carbocycles. The number of aliphatic hydroxyl groups excluding tert-OH is 2. The average molecular weight is 631 g/mol. The van der Waals surface area contributed by atoms with Crippen molar-refractivity contribution in [3.05, 3.63) is 69.3 Å². The lowest BCUT2D eigenvalue weighted by atomic mass is 9.44. The molecule has 0 aliphatic heterocycles. The molecule has 3 fully saturated rings. The zero-order chi connectivity index (χ0) is 32.9. The predicted molar refractivity (Wildman–Crippen MR) is 151 cm³/mol. The summed E-state index contributed by atoms with van der Waals surface area (Å²) in [4.78, 5) is 65.0. The van der Waals surface area contributed by atoms with E-state index < -0.39 is 82.0 Å². The van der Waals surface area contributed by atoms with Gasteiger partial charge in [-0.2, -0.15) is 0 Å². The number of aliphatic hydroxyl groups is 3. The molecule has 4 aliphatic rings. The number of rotatable bonds is 9. The second-order valence-corrected chi connectivity index (χ2v) is 12.7. The fraction of sp³-hybridized carbons (Fsp3) is 0.548. The van der Waals surface area contributed by atoms with Gasteiger partial charge in [0, 0.05) is 22.3 Å². The molecular formula is C31H35FN2O11. The number of hydrogen-bond donors (Lipinski definition) is 4. The van der Waals surface area contributed by atoms with Crippen molar-refractivity contribution in [2.75, 3.05) is 13.2 Å². The van der Waals surface area contributed by atoms with Gasteiger partial charge in [-0.15, -0.1) is 10.1 Å². The van der Waals surface area contributed by atoms with E-state index in [1.807, 2.05) is 0 Å². The molecule has 5 rings (SSSR count). The Bertz CT molecular complexity index is 1510. The molecule has 4 aliphatic carbocycles. The molecule has 0 bridgehead atoms. The van der Waals surface area contributed by atoms with E-state index in [9.17, 15) is 44.6 Å². The van der Waals surface area contributed by atoms with Gasteiger partial charge in [-0.25, -0.2) is 4.39 Å². The fourth-order valence-corrected chi connectivity index (χ4v) is 8.22. The number of ether oxygens (including phenoxy) is 1. The SMILES string of the molecule is C[C@]12C=CC(=O)C=C1CC[C@H]1[C@@H]3C[C@@H](O)[C@](O)(C(=O)COC(=O)CNC(=O)c4cccc(CO[N+](=O)[O-])c4)[C@@]3(C)C[C@H](O)[C@@]12F. The molecule has 0 radical (unpaired) electrons. The van der Waals surface area contributed by atoms with Crippen LogP contribution in [-0.4, -0.2) is 80.5 Å². The van der Waals surface area contributed by atoms with Crippen molar-refractivity contribution in [3.8, 4) is 0 Å². The number of fused-ring (bicyclic) bond motifs is 5. The minimum Gasteiger partial charge on any atom is -0.456 e. The average Bonchev–Trinajstić information content (AvgIpc) is 3.20. The number of esters is 1. The van der Waals surface area contributed by atoms with Gasteiger partial charge in [0.25, 0.3) is 11.0 Å². The molecule has 1 amide bonds. The van der Waals surface area contributed by atoms with Crippen molar-refractivity contribution >= 4 is 23.4 Å². The first-order valence-electron chi connectivity index (χ1n) is 14.6. The van der Waals surface area contributed by atoms with E-state index in [0.717, 1.165) is 0 Å². The zero-order valence-electron chi connectivity index (χ0n) is 24.7. The highest BCUT2D eigenvalue weighted by molar-refractivity contribution is 6.01. The Labute approximate surface area is 257 Å². The molecule has 1 aromatic carbocycles. The summed E-state index contributed by atoms with van der Waals surface area (Å²) >= 11 is 0. The standard InChI is InChI=1S/C31H35FN2O11/c1-28-9-8-20(35)11-19(28)6-7-21-22-12-23(36)31(41,29(22,2)13-24(37)30(21,28)32)25(38)16-44-26(39)14-33-27(40)18-5-3-4-17(10-18)15-45-34(42)43/h3-5,8-11,21-24,36-37,41H,6-7,12-16H2,1-2H3,(H,33,40)/t21-,22-,23+,24-,28-,29-,30-,31-/m0/s1. The Morgan fingerprint density at radius 2 is 1.91 bits per heavy atom. The Morgan fingerprint density at radius 3 is 2.62 bits per heavy atom. The normalized spacial score (nSPS) is 36.6. The molecule has 0 aromatic heterocycles. The Kier molecular flexibility index (Phi) is 8.21. The minimum atomic E-state index is -2.47. The van der Waals surface area contributed by atoms with E-state index in [4.69, 9.17) is 4.74 Å². The van der Waals surface area contributed by atoms with Crippen LogP contribution in [0.4, 0.5) is 4.39 Å². The van der Waals surface area contributed by atoms with Crippen molar-refractivity contribution in [2.24, 2.45) is 22.7 Å². The van der Waals surface area contributed by atoms with Crippen LogP contribution in [-0.2, 0) is 30.6 Å². The number of carbonyl (C=O) groups is 4. The lowest BCUT2D eigenvalue weighted by molar-refractivity contribution is -0.763. The monoisotopic (exact) mass is 630 g/mol. The Balaban J connectivity index is 1.24. The van der Waals surface area contributed by atoms with Gasteiger partial charge >= 0.3 is 5.97 Å². The van der Waals surface area contributed by atoms with Crippen LogP contribution in [0.2, 0.25) is 0 Å². The number of amides is 1. The molecule has 0 heterocycles. The molecule has 45 heavy (non-hydrogen) atoms. The predicted octanol–water partition coefficient (Wildman–Crippen LogP) is 1.31. The van der Waals surface area contributed by atoms with E-state index in [0.29, 0.717) is 17.6 Å². The number of carbonyl (C=O) groups excluding carboxylic acids is 4. The smallest absolute Gasteiger partial charge is 0.325 e. The molecule has 1 aromatic rings. The highest BCUT2D eigenvalue weighted by Gasteiger charge is 2.76. The van der Waals surface area contributed by atoms with E-state index in [1.54, 1.807) is 6.92 Å². The number of halogens is 1. The van der Waals surface area contributed by atoms with Gasteiger partial charge in [-0.05, 0) is 68.4 Å². The van der Waals surface area contributed by atoms with Gasteiger partial charge in [0.1, 0.15) is 13.2 Å². The first-order chi connectivity index (χ1) is 21.1. The molecule has 14 heteroatoms. The van der Waals surface area contributed by atoms with Gasteiger partial charge in [0.05, 0.1) is 12.2 Å². The molecular weight excluding hydrogens is 595 g/mol. The van der Waals surface area contributed by atoms with E-state index in [-0.39, 0.29) is 37.2 Å². The van der Waals surface area contributed by atoms with Gasteiger partial charge in [-0.3, -0.25) is 19.2 Å². The number of ketones is 2. The summed E-state index contributed by atoms with van der Waals surface area (Å²) in [6.45, 7) is 1.16. The van der Waals surface area contributed by atoms with Gasteiger partial charge in [0.2, 0.25) is 5.78 Å². The number of benzene rings is 1. The van der Waals surface area contributed by atoms with Crippen LogP contribution in [0.5, 0.6) is 0 Å². The van der Waals surface area contributed by atoms with Crippen molar-refractivity contribution in [2.45, 2.75) is 69.6 Å². The third kappa shape index (κ3) is 5.04. The molecule has 0 unspecified atom stereocenters. The van der Waals surface area contributed by atoms with Crippen LogP contribution in [0, 0.1) is 32.8 Å². The minimum absolute atomic E-state index is 0.0833. The summed E-state index contributed by atoms with van der Waals surface area (Å²) in [7, 11) is 0. The summed E-state index contributed by atoms with van der Waals surface area (Å²) in [6.07, 6.45) is 0.961. The third-order valence-electron chi connectivity index (χ3n) is 10.6. The van der Waals surface area contributed by atoms with Crippen molar-refractivity contribution in [1.82, 2.24) is 5.32 Å². The molecule has 0 spiro atoms. The van der Waals surface area contributed by atoms with Crippen molar-refractivity contribution in [3.63, 3.8) is 0 Å². The van der Waals surface area contributed by atoms with Crippen molar-refractivity contribution in [1.29, 1.82) is 0 Å². The Morgan fingerprint density at radius 1 is 1.18 bits per heavy atom. The number of alkyl halides is 1. The largest absolute Gasteiger partial charge is 0.456 e. The summed E-state index contributed by atoms with van der Waals surface area (Å²) in [5, 5.41) is 45.9. The zero-order valence-corrected chi connectivity index (χ0v) is 24.7. The second-order valence-electron chi connectivity index (χ2n) is 12.7. The quantitative estimate of drug-likeness (QED) is 0.174. The highest BCUT2D eigenvalue weighted by atomic mass is 19.1. The Hall–Kier alpha value is -4.01. The molecule has 242 valence electrons. The van der Waals surface area contributed by atoms with Crippen LogP contribution >= 0.6 is 0 Å². The number of nitrogens with one attached hydrogen (secondary N) is 1. The lowest BCUT2D eigenvalue weighted by Gasteiger charge is -2.62. The maximum Gasteiger partial charge on any atom is 0.325 e. The summed E-state index contributed by atoms with van der Waals surface area (Å²) < 4.78 is 22.3. The number of hydrogen-bond acceptors (Lipinski definition) is 11. The van der Waals surface area contributed by atoms with Gasteiger partial charge in [0.15, 0.2) is 23.7 Å². The first-order valence-corrected chi connectivity index (χ1v) is 14.6. The number of Topliss-reactive ketones (excluding diaryl/α,β-unsaturated/α-hetero) is 1. The summed E-state index contributed by atoms with van der Waals surface area (Å²) in [6, 6.07) is 5.72. The van der Waals surface area contributed by atoms with Crippen LogP contribution in [0.3, 0.4) is 0 Å². The lowest BCUT2D eigenvalue weighted by Crippen LogP contribution is -2.69. The summed E-state index contributed by atoms with van der Waals surface area (Å²) in [5.74, 6) is -4.59. The number of allylic oxidation sites excluding steroid dienone is 4. The maximum atomic E-state index is 17.2. The van der Waals surface area contributed by atoms with Gasteiger partial charge < -0.3 is 30.2 Å². The van der Waals surface area contributed by atoms with Crippen LogP contribution in [0.1, 0.15) is 55.5 Å². The van der Waals surface area contributed by atoms with E-state index >= 15 is 4.39 Å². The van der Waals surface area contributed by atoms with Crippen LogP contribution < -0.4 is 5.32 Å². The topological polar surface area (TPSA) is 203 Å². The molecule has 4 N–H and O–H groups in total. The first kappa shape index (κ1) is 32.4. The number of nitrogens with zero attached hydrogens (tertiary/aromatic N) is 1. The maximum absolute atomic E-state index is 17.2. The van der Waals surface area contributed by atoms with Crippen LogP contribution in [0.25, 0.3) is 0 Å². The molecule has 0 saturated heterocycles. The van der Waals surface area contributed by atoms with Gasteiger partial charge in [-0.1, -0.05) is 30.7 Å². The molecule has 13 nitrogen and oxygen atoms in total. The van der Waals surface area contributed by atoms with E-state index in [1.165, 1.54) is 49.4 Å². The third-order valence-corrected chi connectivity index (χ3v) is 10.6. The van der Waals surface area contributed by atoms with Crippen LogP contribution in [0.15, 0.2) is 48.1 Å². The fourth-order valence-electron chi connectivity index (χ4n) is 8.22.